The van der Waals surface area contributed by atoms with Crippen molar-refractivity contribution in [3.63, 3.8) is 0 Å². The Kier molecular flexibility index (Phi) is 6.57. The van der Waals surface area contributed by atoms with Crippen LogP contribution in [0.3, 0.4) is 0 Å². The number of carbonyl (C=O) groups is 1. The number of nitrogen functional groups attached to an aromatic ring is 1. The summed E-state index contributed by atoms with van der Waals surface area (Å²) in [5.41, 5.74) is 10.6. The van der Waals surface area contributed by atoms with Gasteiger partial charge < -0.3 is 19.1 Å². The van der Waals surface area contributed by atoms with Gasteiger partial charge in [0.25, 0.3) is 0 Å². The van der Waals surface area contributed by atoms with Crippen LogP contribution in [0.25, 0.3) is 0 Å². The van der Waals surface area contributed by atoms with E-state index in [2.05, 4.69) is 54.8 Å². The molecule has 3 N–H and O–H groups in total. The van der Waals surface area contributed by atoms with Gasteiger partial charge in [0.1, 0.15) is 12.1 Å². The molecule has 1 aromatic heterocycles. The number of rotatable bonds is 5. The predicted octanol–water partition coefficient (Wildman–Crippen LogP) is 4.64. The number of allylic oxidation sites excluding steroid dienone is 1. The van der Waals surface area contributed by atoms with Crippen molar-refractivity contribution in [1.29, 1.82) is 0 Å². The Morgan fingerprint density at radius 3 is 2.47 bits per heavy atom. The van der Waals surface area contributed by atoms with E-state index in [0.29, 0.717) is 11.9 Å². The second kappa shape index (κ2) is 9.92. The number of hydrogen-bond donors (Lipinski definition) is 2. The summed E-state index contributed by atoms with van der Waals surface area (Å²) in [6.45, 7) is 3.40. The topological polar surface area (TPSA) is 87.4 Å². The van der Waals surface area contributed by atoms with Crippen LogP contribution in [-0.4, -0.2) is 43.4 Å². The average Bonchev–Trinajstić information content (AvgIpc) is 3.26. The van der Waals surface area contributed by atoms with Gasteiger partial charge in [-0.3, -0.25) is 4.79 Å². The van der Waals surface area contributed by atoms with E-state index in [1.165, 1.54) is 3.51 Å². The van der Waals surface area contributed by atoms with E-state index < -0.39 is 21.0 Å². The van der Waals surface area contributed by atoms with E-state index in [1.54, 1.807) is 18.5 Å². The van der Waals surface area contributed by atoms with E-state index in [0.717, 1.165) is 54.3 Å². The summed E-state index contributed by atoms with van der Waals surface area (Å²) < 4.78 is 3.71. The van der Waals surface area contributed by atoms with E-state index in [-0.39, 0.29) is 5.91 Å². The Balaban J connectivity index is 1.39. The average molecular weight is 566 g/mol. The molecule has 3 heterocycles. The maximum atomic E-state index is 12.2. The van der Waals surface area contributed by atoms with E-state index in [1.807, 2.05) is 30.0 Å². The van der Waals surface area contributed by atoms with Crippen LogP contribution in [-0.2, 0) is 4.79 Å². The molecule has 2 aliphatic rings. The summed E-state index contributed by atoms with van der Waals surface area (Å²) in [5.74, 6) is 1.58. The molecule has 2 aromatic carbocycles. The van der Waals surface area contributed by atoms with Crippen molar-refractivity contribution in [2.45, 2.75) is 25.8 Å². The third kappa shape index (κ3) is 4.54. The first-order chi connectivity index (χ1) is 16.6. The lowest BCUT2D eigenvalue weighted by Gasteiger charge is -2.35. The second-order valence-electron chi connectivity index (χ2n) is 8.29. The van der Waals surface area contributed by atoms with Crippen molar-refractivity contribution in [2.75, 3.05) is 27.3 Å². The van der Waals surface area contributed by atoms with Crippen LogP contribution in [0.15, 0.2) is 73.1 Å². The number of aromatic nitrogens is 2. The molecule has 0 radical (unpaired) electrons. The van der Waals surface area contributed by atoms with Crippen LogP contribution in [0.5, 0.6) is 0 Å². The van der Waals surface area contributed by atoms with Gasteiger partial charge in [0.2, 0.25) is 5.91 Å². The lowest BCUT2D eigenvalue weighted by molar-refractivity contribution is -0.126. The first-order valence-electron chi connectivity index (χ1n) is 11.4. The number of piperidine rings is 1. The molecule has 5 rings (SSSR count). The molecular weight excluding hydrogens is 539 g/mol. The Morgan fingerprint density at radius 1 is 1.06 bits per heavy atom. The van der Waals surface area contributed by atoms with E-state index in [4.69, 9.17) is 5.73 Å². The number of hydrogen-bond acceptors (Lipinski definition) is 6. The molecule has 1 fully saturated rings. The number of benzene rings is 2. The minimum absolute atomic E-state index is 0.0977. The van der Waals surface area contributed by atoms with Crippen molar-refractivity contribution in [1.82, 2.24) is 14.9 Å². The molecule has 0 aliphatic carbocycles. The first kappa shape index (κ1) is 22.5. The van der Waals surface area contributed by atoms with Gasteiger partial charge in [-0.15, -0.1) is 0 Å². The van der Waals surface area contributed by atoms with E-state index >= 15 is 0 Å². The molecule has 0 spiro atoms. The highest BCUT2D eigenvalue weighted by Crippen LogP contribution is 2.42. The zero-order valence-electron chi connectivity index (χ0n) is 19.0. The second-order valence-corrected chi connectivity index (χ2v) is 10.9. The third-order valence-electron chi connectivity index (χ3n) is 6.06. The third-order valence-corrected chi connectivity index (χ3v) is 9.47. The summed E-state index contributed by atoms with van der Waals surface area (Å²) in [5, 5.41) is 3.44. The van der Waals surface area contributed by atoms with Gasteiger partial charge in [-0.05, 0) is 55.7 Å². The fourth-order valence-electron chi connectivity index (χ4n) is 4.32. The highest BCUT2D eigenvalue weighted by molar-refractivity contribution is 14.2. The van der Waals surface area contributed by atoms with Crippen LogP contribution in [0, 0.1) is 0 Å². The van der Waals surface area contributed by atoms with Gasteiger partial charge in [-0.1, -0.05) is 36.4 Å². The number of likely N-dealkylation sites (tertiary alicyclic amines) is 1. The number of fused-ring (bicyclic) bond motifs is 1. The van der Waals surface area contributed by atoms with Gasteiger partial charge in [0, 0.05) is 55.0 Å². The van der Waals surface area contributed by atoms with Gasteiger partial charge in [-0.25, -0.2) is 9.97 Å². The minimum atomic E-state index is -0.507. The maximum Gasteiger partial charge on any atom is 0.246 e. The monoisotopic (exact) mass is 566 g/mol. The van der Waals surface area contributed by atoms with Crippen LogP contribution in [0.2, 0.25) is 0 Å². The molecular formula is C26H27IN6O. The molecule has 1 saturated heterocycles. The molecule has 0 bridgehead atoms. The number of nitrogens with zero attached hydrogens (tertiary/aromatic N) is 4. The summed E-state index contributed by atoms with van der Waals surface area (Å²) in [6, 6.07) is 19.0. The van der Waals surface area contributed by atoms with Gasteiger partial charge >= 0.3 is 0 Å². The van der Waals surface area contributed by atoms with Crippen LogP contribution in [0.1, 0.15) is 30.9 Å². The summed E-state index contributed by atoms with van der Waals surface area (Å²) in [6.07, 6.45) is 6.87. The Bertz CT molecular complexity index is 1230. The molecule has 1 amide bonds. The van der Waals surface area contributed by atoms with Crippen molar-refractivity contribution < 1.29 is 4.79 Å². The zero-order valence-corrected chi connectivity index (χ0v) is 21.1. The first-order valence-corrected chi connectivity index (χ1v) is 13.4. The molecule has 7 nitrogen and oxygen atoms in total. The van der Waals surface area contributed by atoms with E-state index in [9.17, 15) is 4.79 Å². The maximum absolute atomic E-state index is 12.2. The normalized spacial score (nSPS) is 16.2. The fraction of sp³-hybridized carbons (Fsp3) is 0.231. The van der Waals surface area contributed by atoms with Gasteiger partial charge in [0.15, 0.2) is 5.82 Å². The number of nitrogens with one attached hydrogen (secondary N) is 1. The minimum Gasteiger partial charge on any atom is -0.383 e. The number of carbonyl (C=O) groups excluding carboxylic acids is 1. The van der Waals surface area contributed by atoms with Crippen LogP contribution in [0.4, 0.5) is 23.0 Å². The Morgan fingerprint density at radius 2 is 1.76 bits per heavy atom. The lowest BCUT2D eigenvalue weighted by atomic mass is 10.0. The number of amides is 1. The Labute approximate surface area is 209 Å². The SMILES string of the molecule is C/C=C/C(=O)N1CCC(N2I=C(c3ccc(Nc4ccccc4)cc3)c3c(N)ncnc32)CC1. The van der Waals surface area contributed by atoms with Gasteiger partial charge in [-0.2, -0.15) is 0 Å². The summed E-state index contributed by atoms with van der Waals surface area (Å²) >= 11 is -0.507. The molecule has 2 aliphatic heterocycles. The number of nitrogens with two attached hydrogens (primary N) is 1. The zero-order chi connectivity index (χ0) is 23.5. The lowest BCUT2D eigenvalue weighted by Crippen LogP contribution is -2.43. The molecule has 174 valence electrons. The van der Waals surface area contributed by atoms with Crippen molar-refractivity contribution in [3.05, 3.63) is 84.2 Å². The highest BCUT2D eigenvalue weighted by atomic mass is 127. The summed E-state index contributed by atoms with van der Waals surface area (Å²) in [4.78, 5) is 23.1. The smallest absolute Gasteiger partial charge is 0.246 e. The predicted molar refractivity (Wildman–Crippen MR) is 147 cm³/mol. The standard InChI is InChI=1S/C26H27IN6O/c1-2-6-22(34)32-15-13-21(14-16-32)33-26-23(25(28)29-17-30-26)24(27-33)18-9-11-20(12-10-18)31-19-7-4-3-5-8-19/h2-12,17,21,31H,13-16H2,1H3,(H2,28,29,30)/b6-2+. The molecule has 34 heavy (non-hydrogen) atoms. The van der Waals surface area contributed by atoms with Crippen molar-refractivity contribution >= 4 is 53.4 Å². The molecule has 0 unspecified atom stereocenters. The van der Waals surface area contributed by atoms with Gasteiger partial charge in [0.05, 0.1) is 5.56 Å². The van der Waals surface area contributed by atoms with Crippen LogP contribution >= 0.6 is 21.0 Å². The quantitative estimate of drug-likeness (QED) is 0.266. The van der Waals surface area contributed by atoms with Crippen molar-refractivity contribution in [2.24, 2.45) is 0 Å². The fourth-order valence-corrected chi connectivity index (χ4v) is 7.78. The molecule has 3 aromatic rings. The molecule has 8 heteroatoms. The number of halogens is 1. The Hall–Kier alpha value is -3.27. The number of anilines is 4. The number of para-hydroxylation sites is 1. The van der Waals surface area contributed by atoms with Crippen LogP contribution < -0.4 is 14.2 Å². The van der Waals surface area contributed by atoms with Crippen molar-refractivity contribution in [3.8, 4) is 0 Å². The highest BCUT2D eigenvalue weighted by Gasteiger charge is 2.34. The molecule has 0 atom stereocenters. The largest absolute Gasteiger partial charge is 0.383 e. The molecule has 0 saturated carbocycles. The summed E-state index contributed by atoms with van der Waals surface area (Å²) in [7, 11) is 0.